The number of amides is 2. The van der Waals surface area contributed by atoms with Gasteiger partial charge in [0.1, 0.15) is 30.1 Å². The number of nitriles is 4. The number of benzene rings is 8. The van der Waals surface area contributed by atoms with E-state index >= 15 is 4.39 Å². The lowest BCUT2D eigenvalue weighted by atomic mass is 10.0. The van der Waals surface area contributed by atoms with Crippen molar-refractivity contribution >= 4 is 131 Å². The predicted octanol–water partition coefficient (Wildman–Crippen LogP) is 20.3. The van der Waals surface area contributed by atoms with Crippen molar-refractivity contribution in [1.82, 2.24) is 44.8 Å². The summed E-state index contributed by atoms with van der Waals surface area (Å²) in [6, 6.07) is 83.7. The van der Waals surface area contributed by atoms with Gasteiger partial charge in [0.25, 0.3) is 11.8 Å². The molecule has 9 heterocycles. The van der Waals surface area contributed by atoms with Gasteiger partial charge in [-0.3, -0.25) is 34.4 Å². The van der Waals surface area contributed by atoms with Gasteiger partial charge in [0.05, 0.1) is 80.1 Å². The topological polar surface area (TPSA) is 346 Å². The zero-order valence-corrected chi connectivity index (χ0v) is 64.8. The van der Waals surface area contributed by atoms with Crippen molar-refractivity contribution < 1.29 is 27.2 Å². The largest absolute Gasteiger partial charge is 0.361 e. The first-order valence-electron chi connectivity index (χ1n) is 37.7. The lowest BCUT2D eigenvalue weighted by molar-refractivity contribution is 0.0647. The zero-order chi connectivity index (χ0) is 84.3. The first-order valence-corrected chi connectivity index (χ1v) is 38.1. The summed E-state index contributed by atoms with van der Waals surface area (Å²) in [6.45, 7) is 2.22. The summed E-state index contributed by atoms with van der Waals surface area (Å²) in [6.07, 6.45) is 7.63. The highest BCUT2D eigenvalue weighted by atomic mass is 35.5. The van der Waals surface area contributed by atoms with Crippen LogP contribution in [0.5, 0.6) is 0 Å². The lowest BCUT2D eigenvalue weighted by Crippen LogP contribution is -2.36. The molecule has 8 aromatic heterocycles. The summed E-state index contributed by atoms with van der Waals surface area (Å²) in [5, 5.41) is 62.7. The van der Waals surface area contributed by atoms with E-state index in [1.807, 2.05) is 231 Å². The highest BCUT2D eigenvalue weighted by Gasteiger charge is 2.37. The molecule has 592 valence electrons. The van der Waals surface area contributed by atoms with E-state index in [-0.39, 0.29) is 87.5 Å². The lowest BCUT2D eigenvalue weighted by Gasteiger charge is -2.25. The number of carbonyl (C=O) groups is 2. The molecule has 17 rings (SSSR count). The fourth-order valence-corrected chi connectivity index (χ4v) is 13.3. The Kier molecular flexibility index (Phi) is 25.5. The number of aromatic nitrogens is 8. The average molecular weight is 1620 g/mol. The minimum Gasteiger partial charge on any atom is -0.361 e. The van der Waals surface area contributed by atoms with Crippen LogP contribution < -0.4 is 43.0 Å². The van der Waals surface area contributed by atoms with Crippen molar-refractivity contribution in [3.05, 3.63) is 364 Å². The monoisotopic (exact) mass is 1620 g/mol. The van der Waals surface area contributed by atoms with Gasteiger partial charge in [-0.1, -0.05) is 146 Å². The molecular formula is C93H68ClF4N21O2. The number of nitrogens with zero attached hydrogens (tertiary/aromatic N) is 13. The Hall–Kier alpha value is -16.3. The number of nitrogens with one attached hydrogen (secondary N) is 7. The molecule has 0 bridgehead atoms. The van der Waals surface area contributed by atoms with Gasteiger partial charge in [0.15, 0.2) is 63.3 Å². The summed E-state index contributed by atoms with van der Waals surface area (Å²) < 4.78 is 57.9. The van der Waals surface area contributed by atoms with Gasteiger partial charge in [-0.2, -0.15) is 21.0 Å². The third kappa shape index (κ3) is 19.5. The fourth-order valence-electron chi connectivity index (χ4n) is 13.2. The Bertz CT molecular complexity index is 6490. The SMILES string of the molecule is CC[C@H](Nc1nc(Nc2ccc3ncccc3c2)c(C#N)cc1F)c1ccccc1.N#Cc1cc(F)c(Cl)nc1Nc1ccc2ncccc2c1.N#Cc1cc(F)c(N[C@@H](CN)c2ccccc2)nc1Nc1ccc2ncccc2c1.N#Cc1cc(F)c(N[C@@H](CN2C(=O)c3ccccc3C2=O)c2ccccc2)nc1Nc1ccc2ncccc2c1. The Morgan fingerprint density at radius 2 is 0.661 bits per heavy atom. The van der Waals surface area contributed by atoms with E-state index in [4.69, 9.17) is 22.6 Å². The molecule has 0 unspecified atom stereocenters. The van der Waals surface area contributed by atoms with E-state index in [0.29, 0.717) is 28.3 Å². The van der Waals surface area contributed by atoms with Crippen molar-refractivity contribution in [3.63, 3.8) is 0 Å². The molecule has 0 saturated heterocycles. The van der Waals surface area contributed by atoms with E-state index in [1.165, 1.54) is 12.1 Å². The maximum atomic E-state index is 15.3. The first-order chi connectivity index (χ1) is 59.0. The molecule has 28 heteroatoms. The molecule has 8 aromatic carbocycles. The van der Waals surface area contributed by atoms with Gasteiger partial charge >= 0.3 is 0 Å². The number of imide groups is 1. The van der Waals surface area contributed by atoms with Gasteiger partial charge in [-0.25, -0.2) is 37.5 Å². The normalized spacial score (nSPS) is 11.9. The maximum absolute atomic E-state index is 15.3. The second kappa shape index (κ2) is 38.0. The number of hydrogen-bond acceptors (Lipinski definition) is 22. The van der Waals surface area contributed by atoms with Crippen LogP contribution in [0.2, 0.25) is 5.15 Å². The van der Waals surface area contributed by atoms with E-state index < -0.39 is 41.1 Å². The van der Waals surface area contributed by atoms with Crippen LogP contribution in [0.1, 0.15) is 91.1 Å². The van der Waals surface area contributed by atoms with Gasteiger partial charge in [0.2, 0.25) is 0 Å². The van der Waals surface area contributed by atoms with Crippen molar-refractivity contribution in [3.8, 4) is 24.3 Å². The van der Waals surface area contributed by atoms with Crippen LogP contribution in [0.25, 0.3) is 43.6 Å². The van der Waals surface area contributed by atoms with Crippen LogP contribution in [0.4, 0.5) is 81.0 Å². The Balaban J connectivity index is 0.000000135. The van der Waals surface area contributed by atoms with Crippen LogP contribution >= 0.6 is 11.6 Å². The summed E-state index contributed by atoms with van der Waals surface area (Å²) in [5.74, 6) is -2.54. The van der Waals surface area contributed by atoms with Gasteiger partial charge in [-0.15, -0.1) is 0 Å². The fraction of sp³-hybridized carbons (Fsp3) is 0.0753. The highest BCUT2D eigenvalue weighted by molar-refractivity contribution is 6.29. The number of pyridine rings is 8. The van der Waals surface area contributed by atoms with Crippen molar-refractivity contribution in [2.24, 2.45) is 5.73 Å². The molecule has 1 aliphatic rings. The first kappa shape index (κ1) is 81.2. The average Bonchev–Trinajstić information content (AvgIpc) is 1.63. The molecule has 9 N–H and O–H groups in total. The molecule has 1 aliphatic heterocycles. The van der Waals surface area contributed by atoms with Gasteiger partial charge < -0.3 is 43.0 Å². The van der Waals surface area contributed by atoms with Gasteiger partial charge in [0, 0.05) is 75.6 Å². The maximum Gasteiger partial charge on any atom is 0.261 e. The molecule has 23 nitrogen and oxygen atoms in total. The minimum absolute atomic E-state index is 0.0194. The molecule has 3 atom stereocenters. The summed E-state index contributed by atoms with van der Waals surface area (Å²) in [4.78, 5) is 61.4. The zero-order valence-electron chi connectivity index (χ0n) is 64.1. The number of nitrogens with two attached hydrogens (primary N) is 1. The molecule has 0 spiro atoms. The van der Waals surface area contributed by atoms with E-state index in [1.54, 1.807) is 61.2 Å². The van der Waals surface area contributed by atoms with E-state index in [0.717, 1.165) is 95.1 Å². The van der Waals surface area contributed by atoms with Crippen molar-refractivity contribution in [2.45, 2.75) is 31.5 Å². The molecule has 0 aliphatic carbocycles. The quantitative estimate of drug-likeness (QED) is 0.0188. The highest BCUT2D eigenvalue weighted by Crippen LogP contribution is 2.35. The molecule has 2 amide bonds. The summed E-state index contributed by atoms with van der Waals surface area (Å²) >= 11 is 5.66. The molecular weight excluding hydrogens is 1550 g/mol. The van der Waals surface area contributed by atoms with Crippen molar-refractivity contribution in [2.75, 3.05) is 50.3 Å². The number of rotatable bonds is 21. The smallest absolute Gasteiger partial charge is 0.261 e. The molecule has 0 saturated carbocycles. The van der Waals surface area contributed by atoms with Crippen LogP contribution in [0, 0.1) is 68.6 Å². The van der Waals surface area contributed by atoms with E-state index in [2.05, 4.69) is 77.1 Å². The van der Waals surface area contributed by atoms with Crippen LogP contribution in [0.15, 0.2) is 286 Å². The van der Waals surface area contributed by atoms with Crippen LogP contribution in [-0.2, 0) is 0 Å². The number of halogens is 5. The number of anilines is 11. The second-order valence-corrected chi connectivity index (χ2v) is 27.5. The third-order valence-electron chi connectivity index (χ3n) is 19.2. The van der Waals surface area contributed by atoms with E-state index in [9.17, 15) is 38.5 Å². The Morgan fingerprint density at radius 3 is 0.992 bits per heavy atom. The number of hydrogen-bond donors (Lipinski definition) is 8. The molecule has 0 radical (unpaired) electrons. The van der Waals surface area contributed by atoms with Crippen molar-refractivity contribution in [1.29, 1.82) is 21.0 Å². The minimum atomic E-state index is -0.742. The number of fused-ring (bicyclic) bond motifs is 5. The predicted molar refractivity (Wildman–Crippen MR) is 460 cm³/mol. The molecule has 121 heavy (non-hydrogen) atoms. The Morgan fingerprint density at radius 1 is 0.364 bits per heavy atom. The Labute approximate surface area is 695 Å². The summed E-state index contributed by atoms with van der Waals surface area (Å²) in [7, 11) is 0. The standard InChI is InChI=1S/C31H21FN6O2.C24H20FN5.C23H19FN6.C15H8ClFN4/c32-25-16-21(17-33)28(35-22-12-13-26-20(15-22)9-6-14-34-26)37-29(25)36-27(19-7-2-1-3-8-19)18-38-30(39)23-10-4-5-11-24(23)31(38)40;1-2-21(16-7-4-3-5-8-16)29-24-20(25)14-18(15-26)23(30-24)28-19-10-11-22-17(13-19)9-6-12-27-22;24-19-12-17(13-25)22(28-18-8-9-20-16(11-18)7-4-10-27-20)30-23(19)29-21(14-26)15-5-2-1-3-6-15;16-14-12(17)7-10(8-18)15(21-14)20-11-3-4-13-9(6-11)2-1-5-19-13/h1-16,27H,18H2,(H2,35,36,37);3-14,21H,2H2,1H3,(H2,28,29,30);1-12,21H,14,26H2,(H2,28,29,30);1-7H,(H,20,21)/t27-;2*21-;/m000./s1. The molecule has 0 fully saturated rings. The second-order valence-electron chi connectivity index (χ2n) is 27.1. The molecule has 16 aromatic rings. The third-order valence-corrected chi connectivity index (χ3v) is 19.5. The number of carbonyl (C=O) groups excluding carboxylic acids is 2. The summed E-state index contributed by atoms with van der Waals surface area (Å²) in [5.41, 5.74) is 15.8. The van der Waals surface area contributed by atoms with Crippen LogP contribution in [0.3, 0.4) is 0 Å². The van der Waals surface area contributed by atoms with Gasteiger partial charge in [-0.05, 0) is 157 Å². The van der Waals surface area contributed by atoms with Crippen LogP contribution in [-0.4, -0.2) is 69.7 Å².